The number of alkyl halides is 3. The highest BCUT2D eigenvalue weighted by molar-refractivity contribution is 6.21. The number of aromatic nitrogens is 2. The number of ether oxygens (including phenoxy) is 3. The zero-order valence-corrected chi connectivity index (χ0v) is 25.8. The maximum atomic E-state index is 14.5. The number of rotatable bonds is 10. The number of aryl methyl sites for hydroxylation is 1. The van der Waals surface area contributed by atoms with Crippen molar-refractivity contribution in [1.82, 2.24) is 10.2 Å². The number of amides is 1. The molecule has 47 heavy (non-hydrogen) atoms. The third kappa shape index (κ3) is 7.16. The number of esters is 1. The molecule has 0 radical (unpaired) electrons. The quantitative estimate of drug-likeness (QED) is 0.135. The molecule has 0 saturated heterocycles. The van der Waals surface area contributed by atoms with E-state index in [1.165, 1.54) is 18.2 Å². The Morgan fingerprint density at radius 1 is 0.851 bits per heavy atom. The summed E-state index contributed by atoms with van der Waals surface area (Å²) >= 11 is 0. The minimum absolute atomic E-state index is 0.0367. The van der Waals surface area contributed by atoms with E-state index in [9.17, 15) is 27.6 Å². The Morgan fingerprint density at radius 2 is 1.51 bits per heavy atom. The van der Waals surface area contributed by atoms with Gasteiger partial charge in [0.25, 0.3) is 5.91 Å². The van der Waals surface area contributed by atoms with E-state index in [0.717, 1.165) is 29.7 Å². The van der Waals surface area contributed by atoms with Crippen LogP contribution in [0.15, 0.2) is 102 Å². The second-order valence-corrected chi connectivity index (χ2v) is 11.0. The Labute approximate surface area is 268 Å². The summed E-state index contributed by atoms with van der Waals surface area (Å²) in [4.78, 5) is 43.1. The first kappa shape index (κ1) is 32.9. The highest BCUT2D eigenvalue weighted by Crippen LogP contribution is 2.44. The summed E-state index contributed by atoms with van der Waals surface area (Å²) < 4.78 is 54.1. The van der Waals surface area contributed by atoms with Crippen LogP contribution in [-0.2, 0) is 19.1 Å². The Balaban J connectivity index is 1.72. The molecule has 9 nitrogen and oxygen atoms in total. The maximum Gasteiger partial charge on any atom is 0.573 e. The van der Waals surface area contributed by atoms with Crippen LogP contribution in [0.2, 0.25) is 0 Å². The van der Waals surface area contributed by atoms with Gasteiger partial charge in [-0.15, -0.1) is 18.3 Å². The summed E-state index contributed by atoms with van der Waals surface area (Å²) in [6.07, 6.45) is -6.38. The SMILES string of the molecule is COC(=O)[C@H](OC1=C(C(=O)c2ccc(C(C)C)cc2)C(c2ccc(OC(F)(F)F)cc2)N(c2ccc(C)nn2)C1=O)c1ccccc1. The lowest BCUT2D eigenvalue weighted by molar-refractivity contribution is -0.274. The van der Waals surface area contributed by atoms with Crippen molar-refractivity contribution in [1.29, 1.82) is 0 Å². The third-order valence-corrected chi connectivity index (χ3v) is 7.49. The maximum absolute atomic E-state index is 14.5. The molecule has 2 atom stereocenters. The first-order chi connectivity index (χ1) is 22.4. The number of nitrogens with zero attached hydrogens (tertiary/aromatic N) is 3. The molecular formula is C35H30F3N3O6. The van der Waals surface area contributed by atoms with Crippen molar-refractivity contribution in [2.24, 2.45) is 0 Å². The Morgan fingerprint density at radius 3 is 2.06 bits per heavy atom. The average Bonchev–Trinajstić information content (AvgIpc) is 3.34. The number of halogens is 3. The summed E-state index contributed by atoms with van der Waals surface area (Å²) in [5.74, 6) is -3.00. The minimum atomic E-state index is -4.93. The van der Waals surface area contributed by atoms with Gasteiger partial charge in [-0.1, -0.05) is 80.6 Å². The molecule has 12 heteroatoms. The van der Waals surface area contributed by atoms with Gasteiger partial charge in [0.2, 0.25) is 6.10 Å². The van der Waals surface area contributed by atoms with Crippen LogP contribution >= 0.6 is 0 Å². The van der Waals surface area contributed by atoms with E-state index in [2.05, 4.69) is 14.9 Å². The first-order valence-electron chi connectivity index (χ1n) is 14.6. The Kier molecular flexibility index (Phi) is 9.41. The number of anilines is 1. The topological polar surface area (TPSA) is 108 Å². The van der Waals surface area contributed by atoms with E-state index in [1.807, 2.05) is 13.8 Å². The zero-order chi connectivity index (χ0) is 33.9. The van der Waals surface area contributed by atoms with E-state index < -0.39 is 47.7 Å². The minimum Gasteiger partial charge on any atom is -0.468 e. The number of carbonyl (C=O) groups is 3. The van der Waals surface area contributed by atoms with Crippen LogP contribution in [-0.4, -0.2) is 41.3 Å². The van der Waals surface area contributed by atoms with Crippen molar-refractivity contribution in [2.75, 3.05) is 12.0 Å². The van der Waals surface area contributed by atoms with Gasteiger partial charge in [0.1, 0.15) is 5.75 Å². The monoisotopic (exact) mass is 645 g/mol. The highest BCUT2D eigenvalue weighted by Gasteiger charge is 2.48. The molecule has 1 aliphatic heterocycles. The van der Waals surface area contributed by atoms with E-state index in [1.54, 1.807) is 67.6 Å². The van der Waals surface area contributed by atoms with Crippen molar-refractivity contribution >= 4 is 23.5 Å². The van der Waals surface area contributed by atoms with E-state index in [0.29, 0.717) is 11.3 Å². The van der Waals surface area contributed by atoms with Gasteiger partial charge >= 0.3 is 12.3 Å². The molecule has 1 aromatic heterocycles. The summed E-state index contributed by atoms with van der Waals surface area (Å²) in [7, 11) is 1.16. The van der Waals surface area contributed by atoms with E-state index >= 15 is 0 Å². The molecule has 2 heterocycles. The second-order valence-electron chi connectivity index (χ2n) is 11.0. The molecule has 0 saturated carbocycles. The fraction of sp³-hybridized carbons (Fsp3) is 0.229. The van der Waals surface area contributed by atoms with Crippen LogP contribution in [0.3, 0.4) is 0 Å². The number of hydrogen-bond acceptors (Lipinski definition) is 8. The normalized spacial score (nSPS) is 15.5. The van der Waals surface area contributed by atoms with Gasteiger partial charge in [-0.3, -0.25) is 14.5 Å². The molecule has 0 spiro atoms. The summed E-state index contributed by atoms with van der Waals surface area (Å²) in [5, 5.41) is 8.23. The number of hydrogen-bond donors (Lipinski definition) is 0. The molecule has 1 aliphatic rings. The van der Waals surface area contributed by atoms with Gasteiger partial charge in [0, 0.05) is 11.1 Å². The van der Waals surface area contributed by atoms with Crippen molar-refractivity contribution in [3.05, 3.63) is 130 Å². The molecular weight excluding hydrogens is 615 g/mol. The molecule has 0 bridgehead atoms. The van der Waals surface area contributed by atoms with Gasteiger partial charge < -0.3 is 14.2 Å². The molecule has 0 fully saturated rings. The van der Waals surface area contributed by atoms with Crippen LogP contribution in [0.4, 0.5) is 19.0 Å². The predicted molar refractivity (Wildman–Crippen MR) is 164 cm³/mol. The number of carbonyl (C=O) groups excluding carboxylic acids is 3. The van der Waals surface area contributed by atoms with Crippen LogP contribution in [0.1, 0.15) is 64.7 Å². The smallest absolute Gasteiger partial charge is 0.468 e. The molecule has 242 valence electrons. The predicted octanol–water partition coefficient (Wildman–Crippen LogP) is 6.96. The molecule has 3 aromatic carbocycles. The fourth-order valence-electron chi connectivity index (χ4n) is 5.14. The molecule has 1 unspecified atom stereocenters. The van der Waals surface area contributed by atoms with Crippen molar-refractivity contribution in [3.63, 3.8) is 0 Å². The largest absolute Gasteiger partial charge is 0.573 e. The lowest BCUT2D eigenvalue weighted by atomic mass is 9.91. The highest BCUT2D eigenvalue weighted by atomic mass is 19.4. The number of Topliss-reactive ketones (excluding diaryl/α,β-unsaturated/α-hetero) is 1. The van der Waals surface area contributed by atoms with Gasteiger partial charge in [0.05, 0.1) is 24.4 Å². The van der Waals surface area contributed by atoms with Gasteiger partial charge in [0.15, 0.2) is 17.4 Å². The van der Waals surface area contributed by atoms with Crippen LogP contribution in [0, 0.1) is 6.92 Å². The van der Waals surface area contributed by atoms with Gasteiger partial charge in [-0.25, -0.2) is 4.79 Å². The second kappa shape index (κ2) is 13.5. The van der Waals surface area contributed by atoms with Crippen LogP contribution < -0.4 is 9.64 Å². The van der Waals surface area contributed by atoms with Crippen molar-refractivity contribution in [3.8, 4) is 5.75 Å². The van der Waals surface area contributed by atoms with Crippen LogP contribution in [0.25, 0.3) is 0 Å². The molecule has 1 amide bonds. The van der Waals surface area contributed by atoms with Crippen molar-refractivity contribution in [2.45, 2.75) is 45.2 Å². The molecule has 0 aliphatic carbocycles. The molecule has 0 N–H and O–H groups in total. The van der Waals surface area contributed by atoms with E-state index in [4.69, 9.17) is 9.47 Å². The Bertz CT molecular complexity index is 1790. The van der Waals surface area contributed by atoms with E-state index in [-0.39, 0.29) is 28.4 Å². The zero-order valence-electron chi connectivity index (χ0n) is 25.8. The van der Waals surface area contributed by atoms with Gasteiger partial charge in [-0.2, -0.15) is 5.10 Å². The molecule has 5 rings (SSSR count). The number of ketones is 1. The third-order valence-electron chi connectivity index (χ3n) is 7.49. The number of methoxy groups -OCH3 is 1. The van der Waals surface area contributed by atoms with Crippen molar-refractivity contribution < 1.29 is 41.8 Å². The van der Waals surface area contributed by atoms with Gasteiger partial charge in [-0.05, 0) is 48.2 Å². The Hall–Kier alpha value is -5.52. The fourth-order valence-corrected chi connectivity index (χ4v) is 5.14. The summed E-state index contributed by atoms with van der Waals surface area (Å²) in [5.41, 5.74) is 2.16. The molecule has 4 aromatic rings. The van der Waals surface area contributed by atoms with Crippen LogP contribution in [0.5, 0.6) is 5.75 Å². The lowest BCUT2D eigenvalue weighted by Gasteiger charge is -2.26. The summed E-state index contributed by atoms with van der Waals surface area (Å²) in [6.45, 7) is 5.70. The average molecular weight is 646 g/mol. The first-order valence-corrected chi connectivity index (χ1v) is 14.6. The number of benzene rings is 3. The standard InChI is InChI=1S/C35H30F3N3O6/c1-20(2)22-11-13-24(14-12-22)30(42)28-29(23-15-17-26(18-16-23)47-35(36,37)38)41(27-19-10-21(3)39-40-27)33(43)32(28)46-31(34(44)45-4)25-8-6-5-7-9-25/h5-20,29,31H,1-4H3/t29?,31-/m1/s1. The summed E-state index contributed by atoms with van der Waals surface area (Å²) in [6, 6.07) is 21.7. The lowest BCUT2D eigenvalue weighted by Crippen LogP contribution is -2.32.